The second-order valence-electron chi connectivity index (χ2n) is 9.82. The number of nitrogens with one attached hydrogen (secondary N) is 1. The van der Waals surface area contributed by atoms with E-state index in [-0.39, 0.29) is 20.8 Å². The second kappa shape index (κ2) is 13.3. The molecule has 5 rings (SSSR count). The van der Waals surface area contributed by atoms with Crippen LogP contribution >= 0.6 is 22.9 Å². The summed E-state index contributed by atoms with van der Waals surface area (Å²) in [6.07, 6.45) is -4.22. The van der Waals surface area contributed by atoms with Crippen LogP contribution < -0.4 is 14.2 Å². The molecule has 1 aromatic heterocycles. The average molecular weight is 675 g/mol. The lowest BCUT2D eigenvalue weighted by Crippen LogP contribution is -2.37. The largest absolute Gasteiger partial charge is 0.493 e. The van der Waals surface area contributed by atoms with E-state index in [1.165, 1.54) is 6.07 Å². The van der Waals surface area contributed by atoms with Crippen LogP contribution in [0.3, 0.4) is 0 Å². The smallest absolute Gasteiger partial charge is 0.491 e. The molecule has 16 heteroatoms. The van der Waals surface area contributed by atoms with E-state index in [1.54, 1.807) is 12.1 Å². The lowest BCUT2D eigenvalue weighted by Gasteiger charge is -2.26. The number of ether oxygens (including phenoxy) is 4. The number of hydrogen-bond acceptors (Lipinski definition) is 10. The monoisotopic (exact) mass is 674 g/mol. The normalized spacial score (nSPS) is 15.4. The van der Waals surface area contributed by atoms with Crippen LogP contribution in [-0.4, -0.2) is 77.5 Å². The van der Waals surface area contributed by atoms with Gasteiger partial charge in [-0.3, -0.25) is 9.62 Å². The highest BCUT2D eigenvalue weighted by Crippen LogP contribution is 2.40. The molecule has 1 N–H and O–H groups in total. The maximum atomic E-state index is 13.2. The first kappa shape index (κ1) is 32.0. The third kappa shape index (κ3) is 7.64. The van der Waals surface area contributed by atoms with E-state index < -0.39 is 39.5 Å². The first-order chi connectivity index (χ1) is 20.9. The summed E-state index contributed by atoms with van der Waals surface area (Å²) in [6.45, 7) is 3.75. The Kier molecular flexibility index (Phi) is 9.70. The Morgan fingerprint density at radius 2 is 1.84 bits per heavy atom. The molecule has 236 valence electrons. The fourth-order valence-corrected chi connectivity index (χ4v) is 7.40. The van der Waals surface area contributed by atoms with Gasteiger partial charge in [0.05, 0.1) is 32.1 Å². The number of esters is 2. The molecule has 0 amide bonds. The van der Waals surface area contributed by atoms with Gasteiger partial charge in [-0.05, 0) is 47.9 Å². The molecule has 1 fully saturated rings. The van der Waals surface area contributed by atoms with E-state index in [9.17, 15) is 31.2 Å². The van der Waals surface area contributed by atoms with Crippen LogP contribution in [0.5, 0.6) is 11.5 Å². The Morgan fingerprint density at radius 1 is 1.07 bits per heavy atom. The predicted molar refractivity (Wildman–Crippen MR) is 155 cm³/mol. The summed E-state index contributed by atoms with van der Waals surface area (Å²) in [5.74, 6) is -3.71. The number of thiophene rings is 1. The zero-order chi connectivity index (χ0) is 31.5. The van der Waals surface area contributed by atoms with E-state index >= 15 is 0 Å². The summed E-state index contributed by atoms with van der Waals surface area (Å²) in [4.78, 5) is 26.5. The fraction of sp³-hybridized carbons (Fsp3) is 0.357. The van der Waals surface area contributed by atoms with E-state index in [1.807, 2.05) is 6.07 Å². The van der Waals surface area contributed by atoms with E-state index in [0.29, 0.717) is 50.3 Å². The Bertz CT molecular complexity index is 1660. The van der Waals surface area contributed by atoms with Crippen molar-refractivity contribution in [2.24, 2.45) is 0 Å². The minimum absolute atomic E-state index is 0.0457. The summed E-state index contributed by atoms with van der Waals surface area (Å²) in [6, 6.07) is 9.73. The minimum atomic E-state index is -5.37. The minimum Gasteiger partial charge on any atom is -0.493 e. The Hall–Kier alpha value is -3.37. The Morgan fingerprint density at radius 3 is 2.59 bits per heavy atom. The molecule has 2 aromatic carbocycles. The zero-order valence-corrected chi connectivity index (χ0v) is 25.3. The van der Waals surface area contributed by atoms with Gasteiger partial charge in [0.25, 0.3) is 10.0 Å². The summed E-state index contributed by atoms with van der Waals surface area (Å²) in [5.41, 5.74) is 1.37. The van der Waals surface area contributed by atoms with Gasteiger partial charge >= 0.3 is 18.1 Å². The number of carbonyl (C=O) groups is 2. The summed E-state index contributed by atoms with van der Waals surface area (Å²) in [7, 11) is -4.30. The van der Waals surface area contributed by atoms with Crippen LogP contribution in [-0.2, 0) is 30.7 Å². The van der Waals surface area contributed by atoms with Gasteiger partial charge in [0, 0.05) is 37.7 Å². The van der Waals surface area contributed by atoms with Crippen molar-refractivity contribution in [3.05, 3.63) is 57.9 Å². The molecule has 0 atom stereocenters. The maximum absolute atomic E-state index is 13.2. The fourth-order valence-electron chi connectivity index (χ4n) is 4.59. The number of sulfonamides is 1. The maximum Gasteiger partial charge on any atom is 0.491 e. The number of nitrogens with zero attached hydrogens (tertiary/aromatic N) is 1. The van der Waals surface area contributed by atoms with Gasteiger partial charge in [-0.1, -0.05) is 17.7 Å². The number of benzene rings is 2. The number of alkyl halides is 3. The van der Waals surface area contributed by atoms with E-state index in [0.717, 1.165) is 53.9 Å². The molecule has 44 heavy (non-hydrogen) atoms. The van der Waals surface area contributed by atoms with Crippen LogP contribution in [0.15, 0.2) is 46.7 Å². The number of fused-ring (bicyclic) bond motifs is 1. The number of hydrogen-bond donors (Lipinski definition) is 1. The molecular formula is C28H26ClF3N2O8S2. The average Bonchev–Trinajstić information content (AvgIpc) is 3.61. The third-order valence-corrected chi connectivity index (χ3v) is 9.99. The standard InChI is InChI=1S/C28H26ClF3N2O8S2/c29-25-21(17-2-5-22-18(14-17)6-11-40-22)16-24(43-25)44(37,38)33-19-3-4-20(23(15-19)42-27(36)28(30,31)32)26(35)41-10-1-7-34-8-12-39-13-9-34/h2-5,14-16,33H,1,6-13H2. The number of carbonyl (C=O) groups excluding carboxylic acids is 2. The summed E-state index contributed by atoms with van der Waals surface area (Å²) < 4.78 is 88.2. The molecule has 3 heterocycles. The van der Waals surface area contributed by atoms with Crippen molar-refractivity contribution in [2.75, 3.05) is 50.8 Å². The van der Waals surface area contributed by atoms with Crippen LogP contribution in [0.25, 0.3) is 11.1 Å². The Balaban J connectivity index is 1.32. The molecule has 10 nitrogen and oxygen atoms in total. The molecule has 1 saturated heterocycles. The highest BCUT2D eigenvalue weighted by molar-refractivity contribution is 7.94. The van der Waals surface area contributed by atoms with Crippen LogP contribution in [0, 0.1) is 0 Å². The second-order valence-corrected chi connectivity index (χ2v) is 13.4. The Labute approximate surface area is 259 Å². The first-order valence-electron chi connectivity index (χ1n) is 13.4. The topological polar surface area (TPSA) is 120 Å². The van der Waals surface area contributed by atoms with Crippen LogP contribution in [0.1, 0.15) is 22.3 Å². The first-order valence-corrected chi connectivity index (χ1v) is 16.1. The van der Waals surface area contributed by atoms with Crippen molar-refractivity contribution < 1.29 is 50.1 Å². The van der Waals surface area contributed by atoms with Crippen molar-refractivity contribution >= 4 is 50.6 Å². The van der Waals surface area contributed by atoms with Gasteiger partial charge < -0.3 is 18.9 Å². The molecular weight excluding hydrogens is 649 g/mol. The van der Waals surface area contributed by atoms with Gasteiger partial charge in [0.2, 0.25) is 0 Å². The van der Waals surface area contributed by atoms with Crippen LogP contribution in [0.2, 0.25) is 4.34 Å². The highest BCUT2D eigenvalue weighted by Gasteiger charge is 2.42. The van der Waals surface area contributed by atoms with Crippen LogP contribution in [0.4, 0.5) is 18.9 Å². The molecule has 0 radical (unpaired) electrons. The van der Waals surface area contributed by atoms with Crippen molar-refractivity contribution in [1.29, 1.82) is 0 Å². The molecule has 0 unspecified atom stereocenters. The molecule has 2 aliphatic rings. The molecule has 0 spiro atoms. The number of morpholine rings is 1. The quantitative estimate of drug-likeness (QED) is 0.177. The van der Waals surface area contributed by atoms with Gasteiger partial charge in [-0.2, -0.15) is 13.2 Å². The van der Waals surface area contributed by atoms with Crippen molar-refractivity contribution in [3.63, 3.8) is 0 Å². The van der Waals surface area contributed by atoms with Gasteiger partial charge in [0.1, 0.15) is 25.6 Å². The lowest BCUT2D eigenvalue weighted by atomic mass is 10.0. The van der Waals surface area contributed by atoms with Crippen molar-refractivity contribution in [1.82, 2.24) is 4.90 Å². The molecule has 3 aromatic rings. The number of anilines is 1. The SMILES string of the molecule is O=C(OCCCN1CCOCC1)c1ccc(NS(=O)(=O)c2cc(-c3ccc4c(c3)CCO4)c(Cl)s2)cc1OC(=O)C(F)(F)F. The van der Waals surface area contributed by atoms with Gasteiger partial charge in [-0.15, -0.1) is 11.3 Å². The zero-order valence-electron chi connectivity index (χ0n) is 22.9. The molecule has 0 saturated carbocycles. The van der Waals surface area contributed by atoms with Gasteiger partial charge in [-0.25, -0.2) is 18.0 Å². The van der Waals surface area contributed by atoms with E-state index in [2.05, 4.69) is 14.4 Å². The molecule has 2 aliphatic heterocycles. The predicted octanol–water partition coefficient (Wildman–Crippen LogP) is 5.15. The molecule has 0 bridgehead atoms. The number of halogens is 4. The van der Waals surface area contributed by atoms with Crippen molar-refractivity contribution in [2.45, 2.75) is 23.2 Å². The third-order valence-electron chi connectivity index (χ3n) is 6.77. The summed E-state index contributed by atoms with van der Waals surface area (Å²) in [5, 5.41) is 0. The highest BCUT2D eigenvalue weighted by atomic mass is 35.5. The molecule has 0 aliphatic carbocycles. The number of rotatable bonds is 10. The van der Waals surface area contributed by atoms with E-state index in [4.69, 9.17) is 25.8 Å². The van der Waals surface area contributed by atoms with Gasteiger partial charge in [0.15, 0.2) is 0 Å². The summed E-state index contributed by atoms with van der Waals surface area (Å²) >= 11 is 7.17. The van der Waals surface area contributed by atoms with Crippen molar-refractivity contribution in [3.8, 4) is 22.6 Å². The lowest BCUT2D eigenvalue weighted by molar-refractivity contribution is -0.189.